The number of carbonyl (C=O) groups excluding carboxylic acids is 1. The molecule has 0 atom stereocenters. The molecule has 0 spiro atoms. The summed E-state index contributed by atoms with van der Waals surface area (Å²) < 4.78 is 22.9. The van der Waals surface area contributed by atoms with Crippen molar-refractivity contribution >= 4 is 15.7 Å². The fourth-order valence-corrected chi connectivity index (χ4v) is 3.91. The van der Waals surface area contributed by atoms with Crippen LogP contribution in [0.15, 0.2) is 24.3 Å². The van der Waals surface area contributed by atoms with Gasteiger partial charge in [-0.15, -0.1) is 6.42 Å². The van der Waals surface area contributed by atoms with Crippen LogP contribution in [0.3, 0.4) is 0 Å². The Bertz CT molecular complexity index is 697. The van der Waals surface area contributed by atoms with Crippen molar-refractivity contribution in [3.8, 4) is 12.3 Å². The molecular formula is C18H23NO3S. The third-order valence-corrected chi connectivity index (χ3v) is 5.00. The number of hydrogen-bond donors (Lipinski definition) is 0. The minimum Gasteiger partial charge on any atom is -0.325 e. The van der Waals surface area contributed by atoms with E-state index in [1.54, 1.807) is 29.2 Å². The summed E-state index contributed by atoms with van der Waals surface area (Å²) in [4.78, 5) is 14.6. The molecule has 1 aliphatic carbocycles. The molecule has 1 fully saturated rings. The molecule has 0 aliphatic heterocycles. The average molecular weight is 333 g/mol. The van der Waals surface area contributed by atoms with E-state index >= 15 is 0 Å². The normalized spacial score (nSPS) is 15.8. The Kier molecular flexibility index (Phi) is 5.84. The quantitative estimate of drug-likeness (QED) is 0.779. The van der Waals surface area contributed by atoms with Gasteiger partial charge in [0.1, 0.15) is 0 Å². The first-order valence-electron chi connectivity index (χ1n) is 7.92. The summed E-state index contributed by atoms with van der Waals surface area (Å²) in [7, 11) is -3.13. The van der Waals surface area contributed by atoms with E-state index in [1.807, 2.05) is 0 Å². The minimum atomic E-state index is -3.13. The van der Waals surface area contributed by atoms with Crippen LogP contribution in [-0.4, -0.2) is 38.1 Å². The number of sulfone groups is 1. The molecule has 124 valence electrons. The first kappa shape index (κ1) is 17.6. The molecule has 0 heterocycles. The Morgan fingerprint density at radius 1 is 1.30 bits per heavy atom. The molecule has 0 saturated heterocycles. The fraction of sp³-hybridized carbons (Fsp3) is 0.500. The highest BCUT2D eigenvalue weighted by Gasteiger charge is 2.25. The van der Waals surface area contributed by atoms with E-state index in [2.05, 4.69) is 5.92 Å². The number of nitrogens with zero attached hydrogens (tertiary/aromatic N) is 1. The number of benzene rings is 1. The Balaban J connectivity index is 2.22. The van der Waals surface area contributed by atoms with E-state index in [1.165, 1.54) is 12.7 Å². The van der Waals surface area contributed by atoms with Gasteiger partial charge in [-0.25, -0.2) is 8.42 Å². The van der Waals surface area contributed by atoms with E-state index in [9.17, 15) is 13.2 Å². The van der Waals surface area contributed by atoms with Crippen molar-refractivity contribution in [2.45, 2.75) is 43.9 Å². The topological polar surface area (TPSA) is 54.5 Å². The van der Waals surface area contributed by atoms with Crippen LogP contribution in [0.5, 0.6) is 0 Å². The lowest BCUT2D eigenvalue weighted by molar-refractivity contribution is 0.0667. The van der Waals surface area contributed by atoms with Crippen LogP contribution in [0, 0.1) is 12.3 Å². The molecule has 0 unspecified atom stereocenters. The van der Waals surface area contributed by atoms with Crippen LogP contribution < -0.4 is 0 Å². The van der Waals surface area contributed by atoms with Crippen molar-refractivity contribution in [3.05, 3.63) is 35.4 Å². The average Bonchev–Trinajstić information content (AvgIpc) is 2.51. The van der Waals surface area contributed by atoms with Crippen molar-refractivity contribution in [1.82, 2.24) is 4.90 Å². The molecule has 1 aromatic carbocycles. The van der Waals surface area contributed by atoms with Gasteiger partial charge in [0.15, 0.2) is 9.84 Å². The van der Waals surface area contributed by atoms with Gasteiger partial charge in [0.2, 0.25) is 0 Å². The van der Waals surface area contributed by atoms with E-state index < -0.39 is 9.84 Å². The highest BCUT2D eigenvalue weighted by Crippen LogP contribution is 2.24. The van der Waals surface area contributed by atoms with Crippen molar-refractivity contribution < 1.29 is 13.2 Å². The lowest BCUT2D eigenvalue weighted by Gasteiger charge is -2.33. The van der Waals surface area contributed by atoms with Gasteiger partial charge in [-0.3, -0.25) is 4.79 Å². The van der Waals surface area contributed by atoms with Crippen LogP contribution >= 0.6 is 0 Å². The van der Waals surface area contributed by atoms with Gasteiger partial charge in [0.05, 0.1) is 12.3 Å². The molecule has 0 aromatic heterocycles. The SMILES string of the molecule is C#CCN(C(=O)c1cccc(CS(C)(=O)=O)c1)C1CCCCC1. The van der Waals surface area contributed by atoms with Gasteiger partial charge in [0, 0.05) is 17.9 Å². The first-order valence-corrected chi connectivity index (χ1v) is 9.98. The van der Waals surface area contributed by atoms with E-state index in [0.29, 0.717) is 17.7 Å². The summed E-state index contributed by atoms with van der Waals surface area (Å²) in [6, 6.07) is 7.02. The molecular weight excluding hydrogens is 310 g/mol. The number of hydrogen-bond acceptors (Lipinski definition) is 3. The molecule has 0 bridgehead atoms. The van der Waals surface area contributed by atoms with Crippen LogP contribution in [-0.2, 0) is 15.6 Å². The molecule has 5 heteroatoms. The molecule has 2 rings (SSSR count). The van der Waals surface area contributed by atoms with Crippen LogP contribution in [0.2, 0.25) is 0 Å². The van der Waals surface area contributed by atoms with Gasteiger partial charge in [-0.2, -0.15) is 0 Å². The maximum atomic E-state index is 12.8. The van der Waals surface area contributed by atoms with Gasteiger partial charge in [0.25, 0.3) is 5.91 Å². The monoisotopic (exact) mass is 333 g/mol. The lowest BCUT2D eigenvalue weighted by atomic mass is 9.93. The van der Waals surface area contributed by atoms with Crippen molar-refractivity contribution in [2.24, 2.45) is 0 Å². The zero-order valence-corrected chi connectivity index (χ0v) is 14.3. The molecule has 1 saturated carbocycles. The standard InChI is InChI=1S/C18H23NO3S/c1-3-12-19(17-10-5-4-6-11-17)18(20)16-9-7-8-15(13-16)14-23(2,21)22/h1,7-9,13,17H,4-6,10-12,14H2,2H3. The second kappa shape index (κ2) is 7.65. The number of carbonyl (C=O) groups is 1. The fourth-order valence-electron chi connectivity index (χ4n) is 3.12. The van der Waals surface area contributed by atoms with E-state index in [-0.39, 0.29) is 17.7 Å². The van der Waals surface area contributed by atoms with Gasteiger partial charge in [-0.05, 0) is 30.5 Å². The van der Waals surface area contributed by atoms with Crippen molar-refractivity contribution in [2.75, 3.05) is 12.8 Å². The summed E-state index contributed by atoms with van der Waals surface area (Å²) in [6.07, 6.45) is 12.0. The molecule has 23 heavy (non-hydrogen) atoms. The lowest BCUT2D eigenvalue weighted by Crippen LogP contribution is -2.41. The van der Waals surface area contributed by atoms with Crippen LogP contribution in [0.25, 0.3) is 0 Å². The van der Waals surface area contributed by atoms with Crippen molar-refractivity contribution in [1.29, 1.82) is 0 Å². The minimum absolute atomic E-state index is 0.0628. The number of rotatable bonds is 5. The molecule has 0 N–H and O–H groups in total. The largest absolute Gasteiger partial charge is 0.325 e. The Morgan fingerprint density at radius 2 is 2.00 bits per heavy atom. The van der Waals surface area contributed by atoms with Gasteiger partial charge in [-0.1, -0.05) is 37.3 Å². The summed E-state index contributed by atoms with van der Waals surface area (Å²) in [5.74, 6) is 2.41. The van der Waals surface area contributed by atoms with Crippen LogP contribution in [0.4, 0.5) is 0 Å². The van der Waals surface area contributed by atoms with E-state index in [4.69, 9.17) is 6.42 Å². The first-order chi connectivity index (χ1) is 10.9. The number of amides is 1. The van der Waals surface area contributed by atoms with Gasteiger partial charge < -0.3 is 4.90 Å². The third-order valence-electron chi connectivity index (χ3n) is 4.14. The molecule has 1 amide bonds. The summed E-state index contributed by atoms with van der Waals surface area (Å²) in [5, 5.41) is 0. The Hall–Kier alpha value is -1.80. The third kappa shape index (κ3) is 5.11. The molecule has 4 nitrogen and oxygen atoms in total. The summed E-state index contributed by atoms with van der Waals surface area (Å²) in [5.41, 5.74) is 1.13. The van der Waals surface area contributed by atoms with Crippen molar-refractivity contribution in [3.63, 3.8) is 0 Å². The second-order valence-electron chi connectivity index (χ2n) is 6.20. The zero-order valence-electron chi connectivity index (χ0n) is 13.5. The zero-order chi connectivity index (χ0) is 16.9. The predicted molar refractivity (Wildman–Crippen MR) is 91.7 cm³/mol. The van der Waals surface area contributed by atoms with Crippen LogP contribution in [0.1, 0.15) is 48.0 Å². The summed E-state index contributed by atoms with van der Waals surface area (Å²) >= 11 is 0. The molecule has 0 radical (unpaired) electrons. The maximum absolute atomic E-state index is 12.8. The Morgan fingerprint density at radius 3 is 2.61 bits per heavy atom. The smallest absolute Gasteiger partial charge is 0.254 e. The summed E-state index contributed by atoms with van der Waals surface area (Å²) in [6.45, 7) is 0.291. The number of terminal acetylenes is 1. The van der Waals surface area contributed by atoms with E-state index in [0.717, 1.165) is 25.7 Å². The molecule has 1 aliphatic rings. The molecule has 1 aromatic rings. The highest BCUT2D eigenvalue weighted by atomic mass is 32.2. The Labute approximate surface area is 138 Å². The maximum Gasteiger partial charge on any atom is 0.254 e. The predicted octanol–water partition coefficient (Wildman–Crippen LogP) is 2.64. The highest BCUT2D eigenvalue weighted by molar-refractivity contribution is 7.89. The van der Waals surface area contributed by atoms with Gasteiger partial charge >= 0.3 is 0 Å². The second-order valence-corrected chi connectivity index (χ2v) is 8.34.